The van der Waals surface area contributed by atoms with Crippen molar-refractivity contribution in [3.05, 3.63) is 52.1 Å². The molecule has 12 nitrogen and oxygen atoms in total. The van der Waals surface area contributed by atoms with E-state index in [-0.39, 0.29) is 52.5 Å². The van der Waals surface area contributed by atoms with Gasteiger partial charge in [-0.1, -0.05) is 51.3 Å². The van der Waals surface area contributed by atoms with Crippen LogP contribution in [0.25, 0.3) is 10.5 Å². The molecule has 1 spiro atoms. The van der Waals surface area contributed by atoms with Gasteiger partial charge in [0.1, 0.15) is 23.2 Å². The van der Waals surface area contributed by atoms with Gasteiger partial charge in [0.05, 0.1) is 12.1 Å². The van der Waals surface area contributed by atoms with Gasteiger partial charge in [-0.3, -0.25) is 9.89 Å². The van der Waals surface area contributed by atoms with E-state index in [1.807, 2.05) is 46.8 Å². The summed E-state index contributed by atoms with van der Waals surface area (Å²) < 4.78 is 20.1. The summed E-state index contributed by atoms with van der Waals surface area (Å²) in [5.41, 5.74) is 0.461. The van der Waals surface area contributed by atoms with Crippen LogP contribution < -0.4 is 14.8 Å². The molecule has 2 aliphatic carbocycles. The number of β-lactam (4-membered cyclic amide) rings is 1. The molecule has 3 aliphatic rings. The third kappa shape index (κ3) is 5.78. The summed E-state index contributed by atoms with van der Waals surface area (Å²) >= 11 is 0. The molecule has 0 radical (unpaired) electrons. The number of esters is 1. The Hall–Kier alpha value is -4.53. The van der Waals surface area contributed by atoms with Gasteiger partial charge in [0.15, 0.2) is 5.65 Å². The number of hydrogen-bond acceptors (Lipinski definition) is 7. The number of rotatable bonds is 9. The summed E-state index contributed by atoms with van der Waals surface area (Å²) in [7, 11) is 0. The second-order valence-corrected chi connectivity index (χ2v) is 14.6. The van der Waals surface area contributed by atoms with Crippen LogP contribution in [0.15, 0.2) is 18.2 Å². The molecular formula is C38H50N6O6. The molecule has 50 heavy (non-hydrogen) atoms. The predicted octanol–water partition coefficient (Wildman–Crippen LogP) is 7.41. The first-order valence-electron chi connectivity index (χ1n) is 18.2. The lowest BCUT2D eigenvalue weighted by molar-refractivity contribution is -0.176. The highest BCUT2D eigenvalue weighted by Crippen LogP contribution is 2.52. The fourth-order valence-electron chi connectivity index (χ4n) is 8.63. The number of H-pyrrole nitrogens is 1. The molecule has 3 fully saturated rings. The number of amides is 2. The molecule has 6 rings (SSSR count). The topological polar surface area (TPSA) is 132 Å². The maximum atomic E-state index is 14.0. The quantitative estimate of drug-likeness (QED) is 0.136. The average molecular weight is 687 g/mol. The molecule has 1 aliphatic heterocycles. The zero-order valence-corrected chi connectivity index (χ0v) is 30.4. The van der Waals surface area contributed by atoms with Crippen LogP contribution in [0.1, 0.15) is 119 Å². The number of benzene rings is 1. The number of aromatic amines is 1. The third-order valence-corrected chi connectivity index (χ3v) is 11.5. The van der Waals surface area contributed by atoms with E-state index >= 15 is 0 Å². The van der Waals surface area contributed by atoms with Gasteiger partial charge in [-0.05, 0) is 89.7 Å². The van der Waals surface area contributed by atoms with Crippen LogP contribution in [0, 0.1) is 32.3 Å². The van der Waals surface area contributed by atoms with Crippen LogP contribution in [-0.4, -0.2) is 67.8 Å². The van der Waals surface area contributed by atoms with E-state index in [4.69, 9.17) is 25.8 Å². The molecule has 5 atom stereocenters. The number of carbonyl (C=O) groups is 3. The number of aryl methyl sites for hydroxylation is 2. The summed E-state index contributed by atoms with van der Waals surface area (Å²) in [6, 6.07) is 5.98. The van der Waals surface area contributed by atoms with Crippen molar-refractivity contribution in [2.24, 2.45) is 11.8 Å². The molecule has 268 valence electrons. The number of carbonyl (C=O) groups excluding carboxylic acids is 3. The largest absolute Gasteiger partial charge is 0.475 e. The van der Waals surface area contributed by atoms with Gasteiger partial charge in [-0.25, -0.2) is 23.9 Å². The molecule has 2 amide bonds. The second-order valence-electron chi connectivity index (χ2n) is 14.6. The summed E-state index contributed by atoms with van der Waals surface area (Å²) in [5.74, 6) is 0.588. The molecular weight excluding hydrogens is 636 g/mol. The summed E-state index contributed by atoms with van der Waals surface area (Å²) in [5, 5.41) is 6.54. The van der Waals surface area contributed by atoms with Crippen LogP contribution in [0.4, 0.5) is 10.5 Å². The van der Waals surface area contributed by atoms with Crippen LogP contribution in [0.3, 0.4) is 0 Å². The lowest BCUT2D eigenvalue weighted by Gasteiger charge is -2.60. The van der Waals surface area contributed by atoms with Gasteiger partial charge < -0.3 is 24.4 Å². The third-order valence-electron chi connectivity index (χ3n) is 11.5. The fourth-order valence-corrected chi connectivity index (χ4v) is 8.63. The van der Waals surface area contributed by atoms with Gasteiger partial charge in [0, 0.05) is 19.0 Å². The predicted molar refractivity (Wildman–Crippen MR) is 188 cm³/mol. The highest BCUT2D eigenvalue weighted by molar-refractivity contribution is 6.05. The highest BCUT2D eigenvalue weighted by atomic mass is 16.6. The highest BCUT2D eigenvalue weighted by Gasteiger charge is 2.68. The number of nitrogens with one attached hydrogen (secondary N) is 2. The van der Waals surface area contributed by atoms with Crippen molar-refractivity contribution in [2.75, 3.05) is 13.1 Å². The number of aromatic nitrogens is 3. The van der Waals surface area contributed by atoms with Crippen molar-refractivity contribution >= 4 is 29.3 Å². The van der Waals surface area contributed by atoms with Crippen molar-refractivity contribution in [1.82, 2.24) is 24.8 Å². The number of fused-ring (bicyclic) bond motifs is 1. The Balaban J connectivity index is 1.38. The molecule has 3 heterocycles. The Morgan fingerprint density at radius 2 is 1.82 bits per heavy atom. The number of hydrogen-bond donors (Lipinski definition) is 2. The monoisotopic (exact) mass is 686 g/mol. The maximum Gasteiger partial charge on any atom is 0.415 e. The first-order valence-corrected chi connectivity index (χ1v) is 18.2. The first-order chi connectivity index (χ1) is 23.9. The zero-order chi connectivity index (χ0) is 36.0. The van der Waals surface area contributed by atoms with Crippen molar-refractivity contribution in [3.63, 3.8) is 0 Å². The summed E-state index contributed by atoms with van der Waals surface area (Å²) in [6.07, 6.45) is 5.43. The van der Waals surface area contributed by atoms with Crippen LogP contribution >= 0.6 is 0 Å². The number of nitrogens with zero attached hydrogens (tertiary/aromatic N) is 4. The van der Waals surface area contributed by atoms with Crippen LogP contribution in [0.5, 0.6) is 11.6 Å². The lowest BCUT2D eigenvalue weighted by Crippen LogP contribution is -2.84. The average Bonchev–Trinajstić information content (AvgIpc) is 3.64. The van der Waals surface area contributed by atoms with Crippen molar-refractivity contribution < 1.29 is 28.6 Å². The Labute approximate surface area is 294 Å². The maximum absolute atomic E-state index is 14.0. The van der Waals surface area contributed by atoms with Crippen molar-refractivity contribution in [3.8, 4) is 11.6 Å². The van der Waals surface area contributed by atoms with E-state index < -0.39 is 23.2 Å². The van der Waals surface area contributed by atoms with Crippen molar-refractivity contribution in [1.29, 1.82) is 0 Å². The van der Waals surface area contributed by atoms with E-state index in [9.17, 15) is 14.4 Å². The van der Waals surface area contributed by atoms with Crippen LogP contribution in [-0.2, 0) is 9.53 Å². The van der Waals surface area contributed by atoms with Gasteiger partial charge in [-0.2, -0.15) is 0 Å². The normalized spacial score (nSPS) is 27.7. The standard InChI is InChI=1S/C38H50N6O6/c1-9-38(50-27-18-17-22(4)20-25(27)7)35(46)41-37(38)19-13-16-26(21-37)31-40-32-28(34(45)48-30-23(5)14-12-15-24(30)6)29(39-8)33(44(32)42-31)49-36(47)43(10-2)11-3/h17-18,20,23-24,26,30H,9-16,19,21H2,1-7H3,(H,40,42)(H,41,46). The van der Waals surface area contributed by atoms with Crippen molar-refractivity contribution in [2.45, 2.75) is 123 Å². The second kappa shape index (κ2) is 13.6. The van der Waals surface area contributed by atoms with Gasteiger partial charge in [0.25, 0.3) is 11.6 Å². The number of ether oxygens (including phenoxy) is 3. The summed E-state index contributed by atoms with van der Waals surface area (Å²) in [6.45, 7) is 22.8. The first kappa shape index (κ1) is 35.3. The minimum Gasteiger partial charge on any atom is -0.475 e. The van der Waals surface area contributed by atoms with Gasteiger partial charge >= 0.3 is 12.1 Å². The van der Waals surface area contributed by atoms with E-state index in [0.717, 1.165) is 49.7 Å². The smallest absolute Gasteiger partial charge is 0.415 e. The molecule has 1 aromatic carbocycles. The molecule has 12 heteroatoms. The zero-order valence-electron chi connectivity index (χ0n) is 30.4. The fraction of sp³-hybridized carbons (Fsp3) is 0.605. The molecule has 2 aromatic heterocycles. The lowest BCUT2D eigenvalue weighted by atomic mass is 9.59. The summed E-state index contributed by atoms with van der Waals surface area (Å²) in [4.78, 5) is 50.8. The van der Waals surface area contributed by atoms with Crippen LogP contribution in [0.2, 0.25) is 0 Å². The van der Waals surface area contributed by atoms with Gasteiger partial charge in [-0.15, -0.1) is 0 Å². The Morgan fingerprint density at radius 1 is 1.10 bits per heavy atom. The van der Waals surface area contributed by atoms with E-state index in [1.54, 1.807) is 0 Å². The Kier molecular flexibility index (Phi) is 9.64. The Morgan fingerprint density at radius 3 is 2.44 bits per heavy atom. The SMILES string of the molecule is [C-]#[N+]c1c(C(=O)OC2C(C)CCCC2C)c2nc(C3CCCC4(C3)NC(=O)C4(CC)Oc3ccc(C)cc3C)[nH]n2c1OC(=O)N(CC)CC. The van der Waals surface area contributed by atoms with Gasteiger partial charge in [0.2, 0.25) is 11.5 Å². The molecule has 3 aromatic rings. The molecule has 2 saturated carbocycles. The molecule has 2 N–H and O–H groups in total. The minimum atomic E-state index is -1.05. The molecule has 5 unspecified atom stereocenters. The van der Waals surface area contributed by atoms with E-state index in [1.165, 1.54) is 9.42 Å². The Bertz CT molecular complexity index is 1830. The molecule has 0 bridgehead atoms. The minimum absolute atomic E-state index is 0.0154. The van der Waals surface area contributed by atoms with E-state index in [0.29, 0.717) is 37.5 Å². The molecule has 1 saturated heterocycles. The van der Waals surface area contributed by atoms with E-state index in [2.05, 4.69) is 35.2 Å².